The fourth-order valence-electron chi connectivity index (χ4n) is 1.68. The van der Waals surface area contributed by atoms with E-state index in [1.54, 1.807) is 32.9 Å². The van der Waals surface area contributed by atoms with Gasteiger partial charge in [-0.25, -0.2) is 4.79 Å². The van der Waals surface area contributed by atoms with E-state index in [1.807, 2.05) is 18.2 Å². The van der Waals surface area contributed by atoms with Gasteiger partial charge in [-0.2, -0.15) is 0 Å². The molecule has 1 aromatic rings. The summed E-state index contributed by atoms with van der Waals surface area (Å²) < 4.78 is 28.3. The fourth-order valence-corrected chi connectivity index (χ4v) is 3.31. The molecule has 0 N–H and O–H groups in total. The van der Waals surface area contributed by atoms with Crippen LogP contribution in [0.2, 0.25) is 0 Å². The highest BCUT2D eigenvalue weighted by molar-refractivity contribution is 7.60. The van der Waals surface area contributed by atoms with Gasteiger partial charge in [-0.15, -0.1) is 0 Å². The van der Waals surface area contributed by atoms with E-state index in [-0.39, 0.29) is 25.1 Å². The summed E-state index contributed by atoms with van der Waals surface area (Å²) in [6.45, 7) is 5.59. The van der Waals surface area contributed by atoms with E-state index < -0.39 is 13.6 Å². The van der Waals surface area contributed by atoms with Gasteiger partial charge in [0.15, 0.2) is 0 Å². The maximum absolute atomic E-state index is 12.8. The molecule has 5 nitrogen and oxygen atoms in total. The summed E-state index contributed by atoms with van der Waals surface area (Å²) in [7, 11) is -3.69. The predicted octanol–water partition coefficient (Wildman–Crippen LogP) is 3.86. The van der Waals surface area contributed by atoms with Crippen LogP contribution in [0, 0.1) is 0 Å². The van der Waals surface area contributed by atoms with Gasteiger partial charge in [-0.05, 0) is 32.4 Å². The number of esters is 1. The number of carbonyl (C=O) groups excluding carboxylic acids is 1. The first-order valence-electron chi connectivity index (χ1n) is 6.90. The van der Waals surface area contributed by atoms with Crippen LogP contribution in [0.15, 0.2) is 35.6 Å². The van der Waals surface area contributed by atoms with Crippen LogP contribution >= 0.6 is 7.60 Å². The van der Waals surface area contributed by atoms with Crippen molar-refractivity contribution in [3.8, 4) is 0 Å². The second kappa shape index (κ2) is 8.78. The van der Waals surface area contributed by atoms with Crippen molar-refractivity contribution in [3.05, 3.63) is 41.2 Å². The second-order valence-electron chi connectivity index (χ2n) is 3.99. The lowest BCUT2D eigenvalue weighted by atomic mass is 10.2. The average molecular weight is 312 g/mol. The molecule has 116 valence electrons. The van der Waals surface area contributed by atoms with Gasteiger partial charge in [0, 0.05) is 0 Å². The third kappa shape index (κ3) is 5.12. The van der Waals surface area contributed by atoms with Gasteiger partial charge in [0.1, 0.15) is 5.31 Å². The Balaban J connectivity index is 3.26. The van der Waals surface area contributed by atoms with Crippen molar-refractivity contribution in [2.45, 2.75) is 20.8 Å². The Hall–Kier alpha value is -1.42. The third-order valence-corrected chi connectivity index (χ3v) is 4.58. The van der Waals surface area contributed by atoms with Crippen molar-refractivity contribution < 1.29 is 23.1 Å². The molecule has 0 heterocycles. The lowest BCUT2D eigenvalue weighted by Crippen LogP contribution is -2.11. The minimum Gasteiger partial charge on any atom is -0.462 e. The summed E-state index contributed by atoms with van der Waals surface area (Å²) in [4.78, 5) is 12.1. The summed E-state index contributed by atoms with van der Waals surface area (Å²) in [5.74, 6) is -0.688. The molecule has 0 aliphatic carbocycles. The SMILES string of the molecule is CCOC(=O)/C(=C\c1ccccc1)P(=O)(OCC)OCC. The Morgan fingerprint density at radius 3 is 2.10 bits per heavy atom. The highest BCUT2D eigenvalue weighted by Gasteiger charge is 2.35. The van der Waals surface area contributed by atoms with Crippen LogP contribution in [0.3, 0.4) is 0 Å². The molecular formula is C15H21O5P. The molecular weight excluding hydrogens is 291 g/mol. The third-order valence-electron chi connectivity index (χ3n) is 2.48. The lowest BCUT2D eigenvalue weighted by molar-refractivity contribution is -0.137. The van der Waals surface area contributed by atoms with E-state index >= 15 is 0 Å². The monoisotopic (exact) mass is 312 g/mol. The normalized spacial score (nSPS) is 12.2. The molecule has 0 saturated carbocycles. The minimum atomic E-state index is -3.69. The topological polar surface area (TPSA) is 61.8 Å². The molecule has 0 saturated heterocycles. The van der Waals surface area contributed by atoms with Crippen LogP contribution in [-0.4, -0.2) is 25.8 Å². The molecule has 0 spiro atoms. The molecule has 0 aromatic heterocycles. The Labute approximate surface area is 125 Å². The smallest absolute Gasteiger partial charge is 0.368 e. The Morgan fingerprint density at radius 2 is 1.62 bits per heavy atom. The Morgan fingerprint density at radius 1 is 1.05 bits per heavy atom. The zero-order valence-corrected chi connectivity index (χ0v) is 13.5. The van der Waals surface area contributed by atoms with Gasteiger partial charge in [-0.3, -0.25) is 4.57 Å². The number of rotatable bonds is 8. The summed E-state index contributed by atoms with van der Waals surface area (Å²) in [5, 5.41) is -0.0840. The van der Waals surface area contributed by atoms with Gasteiger partial charge < -0.3 is 13.8 Å². The number of ether oxygens (including phenoxy) is 1. The molecule has 0 atom stereocenters. The van der Waals surface area contributed by atoms with Gasteiger partial charge in [0.25, 0.3) is 0 Å². The van der Waals surface area contributed by atoms with Gasteiger partial charge >= 0.3 is 13.6 Å². The van der Waals surface area contributed by atoms with Crippen LogP contribution in [0.25, 0.3) is 6.08 Å². The predicted molar refractivity (Wildman–Crippen MR) is 81.9 cm³/mol. The summed E-state index contributed by atoms with van der Waals surface area (Å²) in [5.41, 5.74) is 0.722. The molecule has 0 bridgehead atoms. The Bertz CT molecular complexity index is 514. The highest BCUT2D eigenvalue weighted by atomic mass is 31.2. The summed E-state index contributed by atoms with van der Waals surface area (Å²) in [6, 6.07) is 9.08. The van der Waals surface area contributed by atoms with E-state index in [4.69, 9.17) is 13.8 Å². The van der Waals surface area contributed by atoms with E-state index in [0.717, 1.165) is 5.56 Å². The van der Waals surface area contributed by atoms with Crippen molar-refractivity contribution in [1.82, 2.24) is 0 Å². The van der Waals surface area contributed by atoms with Crippen LogP contribution in [0.4, 0.5) is 0 Å². The van der Waals surface area contributed by atoms with Crippen LogP contribution < -0.4 is 0 Å². The standard InChI is InChI=1S/C15H21O5P/c1-4-18-15(16)14(12-13-10-8-7-9-11-13)21(17,19-5-2)20-6-3/h7-12H,4-6H2,1-3H3/b14-12+. The molecule has 6 heteroatoms. The van der Waals surface area contributed by atoms with E-state index in [0.29, 0.717) is 0 Å². The molecule has 21 heavy (non-hydrogen) atoms. The quantitative estimate of drug-likeness (QED) is 0.414. The van der Waals surface area contributed by atoms with Gasteiger partial charge in [0.2, 0.25) is 0 Å². The second-order valence-corrected chi connectivity index (χ2v) is 5.99. The largest absolute Gasteiger partial charge is 0.462 e. The molecule has 0 radical (unpaired) electrons. The van der Waals surface area contributed by atoms with Crippen LogP contribution in [0.5, 0.6) is 0 Å². The molecule has 1 rings (SSSR count). The van der Waals surface area contributed by atoms with Crippen molar-refractivity contribution in [2.24, 2.45) is 0 Å². The molecule has 0 fully saturated rings. The van der Waals surface area contributed by atoms with Gasteiger partial charge in [0.05, 0.1) is 19.8 Å². The van der Waals surface area contributed by atoms with E-state index in [2.05, 4.69) is 0 Å². The maximum Gasteiger partial charge on any atom is 0.368 e. The molecule has 1 aromatic carbocycles. The first kappa shape index (κ1) is 17.6. The van der Waals surface area contributed by atoms with Crippen molar-refractivity contribution in [1.29, 1.82) is 0 Å². The number of benzene rings is 1. The number of carbonyl (C=O) groups is 1. The first-order valence-corrected chi connectivity index (χ1v) is 8.45. The summed E-state index contributed by atoms with van der Waals surface area (Å²) in [6.07, 6.45) is 1.49. The molecule has 0 aliphatic heterocycles. The first-order chi connectivity index (χ1) is 10.1. The maximum atomic E-state index is 12.8. The highest BCUT2D eigenvalue weighted by Crippen LogP contribution is 2.56. The van der Waals surface area contributed by atoms with E-state index in [9.17, 15) is 9.36 Å². The van der Waals surface area contributed by atoms with Gasteiger partial charge in [-0.1, -0.05) is 30.3 Å². The Kier molecular flexibility index (Phi) is 7.37. The van der Waals surface area contributed by atoms with E-state index in [1.165, 1.54) is 6.08 Å². The zero-order chi connectivity index (χ0) is 15.7. The zero-order valence-electron chi connectivity index (χ0n) is 12.6. The average Bonchev–Trinajstić information content (AvgIpc) is 2.46. The van der Waals surface area contributed by atoms with Crippen molar-refractivity contribution in [2.75, 3.05) is 19.8 Å². The fraction of sp³-hybridized carbons (Fsp3) is 0.400. The number of hydrogen-bond donors (Lipinski definition) is 0. The molecule has 0 amide bonds. The van der Waals surface area contributed by atoms with Crippen molar-refractivity contribution >= 4 is 19.6 Å². The molecule has 0 aliphatic rings. The lowest BCUT2D eigenvalue weighted by Gasteiger charge is -2.19. The van der Waals surface area contributed by atoms with Crippen molar-refractivity contribution in [3.63, 3.8) is 0 Å². The molecule has 0 unspecified atom stereocenters. The number of hydrogen-bond acceptors (Lipinski definition) is 5. The minimum absolute atomic E-state index is 0.0840. The van der Waals surface area contributed by atoms with Crippen LogP contribution in [0.1, 0.15) is 26.3 Å². The van der Waals surface area contributed by atoms with Crippen LogP contribution in [-0.2, 0) is 23.1 Å². The summed E-state index contributed by atoms with van der Waals surface area (Å²) >= 11 is 0.